The summed E-state index contributed by atoms with van der Waals surface area (Å²) in [5.41, 5.74) is 6.69. The van der Waals surface area contributed by atoms with E-state index in [2.05, 4.69) is 6.92 Å². The average Bonchev–Trinajstić information content (AvgIpc) is 2.50. The summed E-state index contributed by atoms with van der Waals surface area (Å²) in [6.07, 6.45) is 7.73. The molecule has 2 nitrogen and oxygen atoms in total. The lowest BCUT2D eigenvalue weighted by Gasteiger charge is -2.24. The van der Waals surface area contributed by atoms with Crippen molar-refractivity contribution in [2.75, 3.05) is 6.61 Å². The van der Waals surface area contributed by atoms with Crippen molar-refractivity contribution in [1.29, 1.82) is 0 Å². The first-order valence-corrected chi connectivity index (χ1v) is 8.32. The van der Waals surface area contributed by atoms with Crippen LogP contribution >= 0.6 is 0 Å². The molecule has 1 rings (SSSR count). The maximum absolute atomic E-state index is 13.9. The van der Waals surface area contributed by atoms with Gasteiger partial charge in [-0.15, -0.1) is 0 Å². The quantitative estimate of drug-likeness (QED) is 0.584. The van der Waals surface area contributed by atoms with Crippen molar-refractivity contribution in [2.24, 2.45) is 5.73 Å². The minimum Gasteiger partial charge on any atom is -0.372 e. The van der Waals surface area contributed by atoms with E-state index in [0.717, 1.165) is 12.8 Å². The molecule has 0 amide bonds. The third-order valence-electron chi connectivity index (χ3n) is 3.87. The molecule has 0 aliphatic carbocycles. The fourth-order valence-corrected chi connectivity index (χ4v) is 2.46. The van der Waals surface area contributed by atoms with Gasteiger partial charge in [0.15, 0.2) is 0 Å². The zero-order valence-corrected chi connectivity index (χ0v) is 13.5. The second-order valence-electron chi connectivity index (χ2n) is 5.65. The lowest BCUT2D eigenvalue weighted by molar-refractivity contribution is 0.0288. The molecule has 1 aromatic rings. The molecule has 0 saturated carbocycles. The maximum atomic E-state index is 13.9. The van der Waals surface area contributed by atoms with E-state index in [0.29, 0.717) is 12.2 Å². The Morgan fingerprint density at radius 2 is 1.71 bits per heavy atom. The zero-order chi connectivity index (χ0) is 15.5. The van der Waals surface area contributed by atoms with Gasteiger partial charge in [0.1, 0.15) is 11.9 Å². The summed E-state index contributed by atoms with van der Waals surface area (Å²) in [7, 11) is 0. The number of benzene rings is 1. The van der Waals surface area contributed by atoms with E-state index in [1.54, 1.807) is 12.1 Å². The van der Waals surface area contributed by atoms with Crippen LogP contribution in [0.25, 0.3) is 0 Å². The van der Waals surface area contributed by atoms with Crippen LogP contribution in [0.15, 0.2) is 24.3 Å². The largest absolute Gasteiger partial charge is 0.372 e. The summed E-state index contributed by atoms with van der Waals surface area (Å²) in [5, 5.41) is 0. The molecule has 2 N–H and O–H groups in total. The minimum atomic E-state index is -0.341. The third-order valence-corrected chi connectivity index (χ3v) is 3.87. The van der Waals surface area contributed by atoms with Gasteiger partial charge >= 0.3 is 0 Å². The van der Waals surface area contributed by atoms with E-state index in [9.17, 15) is 4.39 Å². The Bertz CT molecular complexity index is 383. The number of unbranched alkanes of at least 4 members (excludes halogenated alkanes) is 5. The Balaban J connectivity index is 2.43. The second kappa shape index (κ2) is 10.7. The van der Waals surface area contributed by atoms with E-state index in [1.165, 1.54) is 38.2 Å². The summed E-state index contributed by atoms with van der Waals surface area (Å²) in [5.74, 6) is -0.227. The summed E-state index contributed by atoms with van der Waals surface area (Å²) >= 11 is 0. The van der Waals surface area contributed by atoms with Crippen LogP contribution in [0.4, 0.5) is 4.39 Å². The van der Waals surface area contributed by atoms with E-state index >= 15 is 0 Å². The van der Waals surface area contributed by atoms with E-state index in [-0.39, 0.29) is 18.0 Å². The summed E-state index contributed by atoms with van der Waals surface area (Å²) < 4.78 is 19.8. The highest BCUT2D eigenvalue weighted by Crippen LogP contribution is 2.25. The molecule has 0 aliphatic heterocycles. The van der Waals surface area contributed by atoms with E-state index in [1.807, 2.05) is 13.0 Å². The van der Waals surface area contributed by atoms with Gasteiger partial charge in [-0.3, -0.25) is 0 Å². The van der Waals surface area contributed by atoms with Crippen LogP contribution in [0.5, 0.6) is 0 Å². The molecular formula is C18H30FNO. The normalized spacial score (nSPS) is 14.1. The molecule has 120 valence electrons. The van der Waals surface area contributed by atoms with Crippen LogP contribution in [-0.2, 0) is 4.74 Å². The topological polar surface area (TPSA) is 35.2 Å². The lowest BCUT2D eigenvalue weighted by atomic mass is 10.0. The molecule has 0 bridgehead atoms. The fourth-order valence-electron chi connectivity index (χ4n) is 2.46. The summed E-state index contributed by atoms with van der Waals surface area (Å²) in [4.78, 5) is 0. The minimum absolute atomic E-state index is 0.165. The van der Waals surface area contributed by atoms with Gasteiger partial charge in [-0.05, 0) is 18.9 Å². The molecule has 1 aromatic carbocycles. The van der Waals surface area contributed by atoms with Crippen molar-refractivity contribution in [2.45, 2.75) is 70.9 Å². The summed E-state index contributed by atoms with van der Waals surface area (Å²) in [6.45, 7) is 4.87. The number of nitrogens with two attached hydrogens (primary N) is 1. The van der Waals surface area contributed by atoms with Gasteiger partial charge in [-0.1, -0.05) is 64.2 Å². The molecule has 3 heteroatoms. The highest BCUT2D eigenvalue weighted by Gasteiger charge is 2.21. The molecule has 2 atom stereocenters. The van der Waals surface area contributed by atoms with Crippen LogP contribution in [0.1, 0.15) is 70.5 Å². The van der Waals surface area contributed by atoms with Crippen LogP contribution in [-0.4, -0.2) is 12.6 Å². The predicted molar refractivity (Wildman–Crippen MR) is 86.7 cm³/mol. The van der Waals surface area contributed by atoms with Gasteiger partial charge in [-0.25, -0.2) is 4.39 Å². The molecule has 0 heterocycles. The maximum Gasteiger partial charge on any atom is 0.129 e. The van der Waals surface area contributed by atoms with Gasteiger partial charge in [0.2, 0.25) is 0 Å². The Morgan fingerprint density at radius 3 is 2.38 bits per heavy atom. The molecule has 2 unspecified atom stereocenters. The van der Waals surface area contributed by atoms with Crippen molar-refractivity contribution in [3.8, 4) is 0 Å². The van der Waals surface area contributed by atoms with Gasteiger partial charge in [0.05, 0.1) is 0 Å². The lowest BCUT2D eigenvalue weighted by Crippen LogP contribution is -2.30. The monoisotopic (exact) mass is 295 g/mol. The fraction of sp³-hybridized carbons (Fsp3) is 0.667. The third kappa shape index (κ3) is 6.58. The summed E-state index contributed by atoms with van der Waals surface area (Å²) in [6, 6.07) is 6.61. The molecule has 0 aliphatic rings. The first kappa shape index (κ1) is 18.1. The van der Waals surface area contributed by atoms with E-state index in [4.69, 9.17) is 10.5 Å². The Labute approximate surface area is 128 Å². The van der Waals surface area contributed by atoms with Crippen molar-refractivity contribution in [3.63, 3.8) is 0 Å². The molecule has 0 saturated heterocycles. The first-order valence-electron chi connectivity index (χ1n) is 8.32. The Morgan fingerprint density at radius 1 is 1.05 bits per heavy atom. The van der Waals surface area contributed by atoms with Crippen LogP contribution in [0, 0.1) is 5.82 Å². The van der Waals surface area contributed by atoms with Crippen molar-refractivity contribution in [1.82, 2.24) is 0 Å². The van der Waals surface area contributed by atoms with Crippen molar-refractivity contribution >= 4 is 0 Å². The van der Waals surface area contributed by atoms with Gasteiger partial charge in [-0.2, -0.15) is 0 Å². The number of hydrogen-bond acceptors (Lipinski definition) is 2. The highest BCUT2D eigenvalue weighted by atomic mass is 19.1. The standard InChI is InChI=1S/C18H30FNO/c1-3-5-6-7-8-11-14-21-18(17(20)4-2)15-12-9-10-13-16(15)19/h9-10,12-13,17-18H,3-8,11,14,20H2,1-2H3. The molecule has 0 spiro atoms. The Kier molecular flexibility index (Phi) is 9.27. The molecule has 0 fully saturated rings. The van der Waals surface area contributed by atoms with Gasteiger partial charge < -0.3 is 10.5 Å². The predicted octanol–water partition coefficient (Wildman–Crippen LogP) is 4.98. The van der Waals surface area contributed by atoms with Crippen molar-refractivity contribution < 1.29 is 9.13 Å². The second-order valence-corrected chi connectivity index (χ2v) is 5.65. The van der Waals surface area contributed by atoms with Crippen molar-refractivity contribution in [3.05, 3.63) is 35.6 Å². The average molecular weight is 295 g/mol. The molecule has 0 aromatic heterocycles. The first-order chi connectivity index (χ1) is 10.2. The van der Waals surface area contributed by atoms with Gasteiger partial charge in [0.25, 0.3) is 0 Å². The Hall–Kier alpha value is -0.930. The number of ether oxygens (including phenoxy) is 1. The number of halogens is 1. The van der Waals surface area contributed by atoms with Gasteiger partial charge in [0, 0.05) is 18.2 Å². The smallest absolute Gasteiger partial charge is 0.129 e. The molecular weight excluding hydrogens is 265 g/mol. The zero-order valence-electron chi connectivity index (χ0n) is 13.5. The molecule has 0 radical (unpaired) electrons. The highest BCUT2D eigenvalue weighted by molar-refractivity contribution is 5.21. The number of hydrogen-bond donors (Lipinski definition) is 1. The molecule has 21 heavy (non-hydrogen) atoms. The van der Waals surface area contributed by atoms with Crippen LogP contribution < -0.4 is 5.73 Å². The SMILES string of the molecule is CCCCCCCCOC(c1ccccc1F)C(N)CC. The van der Waals surface area contributed by atoms with Crippen LogP contribution in [0.3, 0.4) is 0 Å². The number of rotatable bonds is 11. The van der Waals surface area contributed by atoms with E-state index < -0.39 is 0 Å². The van der Waals surface area contributed by atoms with Crippen LogP contribution in [0.2, 0.25) is 0 Å².